The number of methoxy groups -OCH3 is 2. The third kappa shape index (κ3) is 5.62. The van der Waals surface area contributed by atoms with E-state index >= 15 is 0 Å². The maximum Gasteiger partial charge on any atom is 0.243 e. The first-order valence-corrected chi connectivity index (χ1v) is 13.3. The highest BCUT2D eigenvalue weighted by Crippen LogP contribution is 2.60. The van der Waals surface area contributed by atoms with E-state index in [1.54, 1.807) is 20.3 Å². The van der Waals surface area contributed by atoms with Crippen molar-refractivity contribution in [3.05, 3.63) is 107 Å². The molecule has 1 saturated carbocycles. The summed E-state index contributed by atoms with van der Waals surface area (Å²) in [5.74, 6) is 2.78. The van der Waals surface area contributed by atoms with Crippen LogP contribution in [0.4, 0.5) is 0 Å². The molecule has 0 bridgehead atoms. The van der Waals surface area contributed by atoms with E-state index in [2.05, 4.69) is 47.8 Å². The molecule has 1 aliphatic carbocycles. The number of amides is 1. The third-order valence-corrected chi connectivity index (χ3v) is 7.58. The SMILES string of the molecule is COc1cccc(C2(c3cccc(OC)c3)C[C@H]2C=CC(=O)NCCCCC2=Cc3ccccc3OC2)c1. The first-order valence-electron chi connectivity index (χ1n) is 13.3. The van der Waals surface area contributed by atoms with Crippen LogP contribution in [0.2, 0.25) is 0 Å². The van der Waals surface area contributed by atoms with E-state index in [0.717, 1.165) is 48.5 Å². The van der Waals surface area contributed by atoms with Gasteiger partial charge >= 0.3 is 0 Å². The number of carbonyl (C=O) groups is 1. The second-order valence-electron chi connectivity index (χ2n) is 9.98. The molecule has 1 N–H and O–H groups in total. The topological polar surface area (TPSA) is 56.8 Å². The van der Waals surface area contributed by atoms with E-state index in [1.165, 1.54) is 16.7 Å². The van der Waals surface area contributed by atoms with Crippen molar-refractivity contribution in [2.75, 3.05) is 27.4 Å². The van der Waals surface area contributed by atoms with Crippen LogP contribution in [-0.4, -0.2) is 33.3 Å². The lowest BCUT2D eigenvalue weighted by atomic mass is 9.85. The normalized spacial score (nSPS) is 17.2. The van der Waals surface area contributed by atoms with Crippen molar-refractivity contribution in [2.45, 2.75) is 31.1 Å². The smallest absolute Gasteiger partial charge is 0.243 e. The molecule has 1 aliphatic heterocycles. The minimum atomic E-state index is -0.200. The van der Waals surface area contributed by atoms with Gasteiger partial charge in [-0.3, -0.25) is 4.79 Å². The van der Waals surface area contributed by atoms with Gasteiger partial charge < -0.3 is 19.5 Å². The predicted octanol–water partition coefficient (Wildman–Crippen LogP) is 6.33. The highest BCUT2D eigenvalue weighted by Gasteiger charge is 2.55. The van der Waals surface area contributed by atoms with E-state index in [0.29, 0.717) is 13.2 Å². The molecule has 5 nitrogen and oxygen atoms in total. The van der Waals surface area contributed by atoms with Gasteiger partial charge in [-0.25, -0.2) is 0 Å². The predicted molar refractivity (Wildman–Crippen MR) is 151 cm³/mol. The summed E-state index contributed by atoms with van der Waals surface area (Å²) in [7, 11) is 3.37. The maximum absolute atomic E-state index is 12.6. The van der Waals surface area contributed by atoms with Gasteiger partial charge in [0, 0.05) is 17.5 Å². The Labute approximate surface area is 225 Å². The summed E-state index contributed by atoms with van der Waals surface area (Å²) < 4.78 is 16.8. The molecule has 0 saturated heterocycles. The van der Waals surface area contributed by atoms with Gasteiger partial charge in [0.25, 0.3) is 0 Å². The number of benzene rings is 3. The Balaban J connectivity index is 1.16. The Bertz CT molecular complexity index is 1290. The second-order valence-corrected chi connectivity index (χ2v) is 9.98. The van der Waals surface area contributed by atoms with E-state index in [-0.39, 0.29) is 17.2 Å². The highest BCUT2D eigenvalue weighted by atomic mass is 16.5. The van der Waals surface area contributed by atoms with Gasteiger partial charge in [-0.15, -0.1) is 0 Å². The highest BCUT2D eigenvalue weighted by molar-refractivity contribution is 5.87. The van der Waals surface area contributed by atoms with Crippen molar-refractivity contribution < 1.29 is 19.0 Å². The van der Waals surface area contributed by atoms with Gasteiger partial charge in [-0.1, -0.05) is 48.5 Å². The van der Waals surface area contributed by atoms with Crippen LogP contribution >= 0.6 is 0 Å². The summed E-state index contributed by atoms with van der Waals surface area (Å²) in [5.41, 5.74) is 4.61. The lowest BCUT2D eigenvalue weighted by Crippen LogP contribution is -2.22. The van der Waals surface area contributed by atoms with Crippen LogP contribution in [0.5, 0.6) is 17.2 Å². The molecule has 2 aliphatic rings. The number of carbonyl (C=O) groups excluding carboxylic acids is 1. The van der Waals surface area contributed by atoms with Gasteiger partial charge in [-0.05, 0) is 90.8 Å². The molecule has 5 rings (SSSR count). The van der Waals surface area contributed by atoms with Crippen molar-refractivity contribution in [3.63, 3.8) is 0 Å². The summed E-state index contributed by atoms with van der Waals surface area (Å²) in [6.07, 6.45) is 9.82. The van der Waals surface area contributed by atoms with Crippen molar-refractivity contribution in [1.82, 2.24) is 5.32 Å². The molecule has 3 aromatic carbocycles. The number of nitrogens with one attached hydrogen (secondary N) is 1. The van der Waals surface area contributed by atoms with Crippen LogP contribution in [0.25, 0.3) is 6.08 Å². The number of allylic oxidation sites excluding steroid dienone is 1. The van der Waals surface area contributed by atoms with E-state index in [4.69, 9.17) is 14.2 Å². The molecule has 5 heteroatoms. The van der Waals surface area contributed by atoms with Crippen LogP contribution in [0.15, 0.2) is 90.5 Å². The minimum absolute atomic E-state index is 0.0452. The number of hydrogen-bond acceptors (Lipinski definition) is 4. The fourth-order valence-electron chi connectivity index (χ4n) is 5.41. The van der Waals surface area contributed by atoms with Gasteiger partial charge in [0.1, 0.15) is 23.9 Å². The summed E-state index contributed by atoms with van der Waals surface area (Å²) in [6, 6.07) is 24.6. The van der Waals surface area contributed by atoms with E-state index in [1.807, 2.05) is 42.5 Å². The molecule has 38 heavy (non-hydrogen) atoms. The van der Waals surface area contributed by atoms with Crippen molar-refractivity contribution >= 4 is 12.0 Å². The molecule has 1 fully saturated rings. The van der Waals surface area contributed by atoms with Crippen LogP contribution in [0.3, 0.4) is 0 Å². The van der Waals surface area contributed by atoms with Gasteiger partial charge in [0.2, 0.25) is 5.91 Å². The molecular formula is C33H35NO4. The fraction of sp³-hybridized carbons (Fsp3) is 0.303. The van der Waals surface area contributed by atoms with Crippen LogP contribution in [0, 0.1) is 5.92 Å². The number of unbranched alkanes of at least 4 members (excludes halogenated alkanes) is 1. The lowest BCUT2D eigenvalue weighted by molar-refractivity contribution is -0.116. The number of para-hydroxylation sites is 1. The monoisotopic (exact) mass is 509 g/mol. The van der Waals surface area contributed by atoms with Crippen molar-refractivity contribution in [1.29, 1.82) is 0 Å². The molecule has 1 amide bonds. The molecule has 196 valence electrons. The van der Waals surface area contributed by atoms with Crippen LogP contribution < -0.4 is 19.5 Å². The van der Waals surface area contributed by atoms with Crippen molar-refractivity contribution in [3.8, 4) is 17.2 Å². The first-order chi connectivity index (χ1) is 18.6. The zero-order valence-corrected chi connectivity index (χ0v) is 22.1. The third-order valence-electron chi connectivity index (χ3n) is 7.58. The Morgan fingerprint density at radius 3 is 2.39 bits per heavy atom. The zero-order valence-electron chi connectivity index (χ0n) is 22.1. The average molecular weight is 510 g/mol. The standard InChI is InChI=1S/C33H35NO4/c1-36-29-13-7-11-26(20-29)33(27-12-8-14-30(21-27)37-2)22-28(33)16-17-32(35)34-18-6-5-9-24-19-25-10-3-4-15-31(25)38-23-24/h3-4,7-8,10-17,19-21,28H,5-6,9,18,22-23H2,1-2H3,(H,34,35)/t28-/m1/s1. The molecule has 3 aromatic rings. The van der Waals surface area contributed by atoms with E-state index in [9.17, 15) is 4.79 Å². The summed E-state index contributed by atoms with van der Waals surface area (Å²) >= 11 is 0. The Morgan fingerprint density at radius 2 is 1.68 bits per heavy atom. The molecule has 0 radical (unpaired) electrons. The van der Waals surface area contributed by atoms with Gasteiger partial charge in [0.15, 0.2) is 0 Å². The van der Waals surface area contributed by atoms with Crippen LogP contribution in [-0.2, 0) is 10.2 Å². The Morgan fingerprint density at radius 1 is 0.974 bits per heavy atom. The summed E-state index contributed by atoms with van der Waals surface area (Å²) in [4.78, 5) is 12.6. The van der Waals surface area contributed by atoms with Gasteiger partial charge in [0.05, 0.1) is 14.2 Å². The molecule has 0 unspecified atom stereocenters. The number of fused-ring (bicyclic) bond motifs is 1. The van der Waals surface area contributed by atoms with Gasteiger partial charge in [-0.2, -0.15) is 0 Å². The number of rotatable bonds is 11. The molecule has 0 aromatic heterocycles. The van der Waals surface area contributed by atoms with Crippen molar-refractivity contribution in [2.24, 2.45) is 5.92 Å². The maximum atomic E-state index is 12.6. The van der Waals surface area contributed by atoms with Crippen LogP contribution in [0.1, 0.15) is 42.4 Å². The zero-order chi connectivity index (χ0) is 26.4. The second kappa shape index (κ2) is 11.6. The van der Waals surface area contributed by atoms with E-state index < -0.39 is 0 Å². The Hall–Kier alpha value is -3.99. The summed E-state index contributed by atoms with van der Waals surface area (Å²) in [5, 5.41) is 3.05. The average Bonchev–Trinajstić information content (AvgIpc) is 3.71. The quantitative estimate of drug-likeness (QED) is 0.242. The molecule has 0 spiro atoms. The summed E-state index contributed by atoms with van der Waals surface area (Å²) in [6.45, 7) is 1.31. The fourth-order valence-corrected chi connectivity index (χ4v) is 5.41. The molecular weight excluding hydrogens is 474 g/mol. The molecule has 1 heterocycles. The number of hydrogen-bond donors (Lipinski definition) is 1. The Kier molecular flexibility index (Phi) is 7.83. The number of ether oxygens (including phenoxy) is 3. The minimum Gasteiger partial charge on any atom is -0.497 e. The largest absolute Gasteiger partial charge is 0.497 e. The lowest BCUT2D eigenvalue weighted by Gasteiger charge is -2.20. The first kappa shape index (κ1) is 25.7. The molecule has 1 atom stereocenters.